The van der Waals surface area contributed by atoms with Gasteiger partial charge in [0.2, 0.25) is 0 Å². The van der Waals surface area contributed by atoms with Gasteiger partial charge >= 0.3 is 0 Å². The lowest BCUT2D eigenvalue weighted by Crippen LogP contribution is -2.22. The SMILES string of the molecule is CN(C)C(=O)c1ccc(S(=O)(=O)Nc2ccccc2C(N)=O)cc1. The summed E-state index contributed by atoms with van der Waals surface area (Å²) in [6.45, 7) is 0. The summed E-state index contributed by atoms with van der Waals surface area (Å²) in [6, 6.07) is 11.6. The lowest BCUT2D eigenvalue weighted by Gasteiger charge is -2.12. The van der Waals surface area contributed by atoms with Crippen molar-refractivity contribution in [3.05, 3.63) is 59.7 Å². The zero-order valence-electron chi connectivity index (χ0n) is 13.2. The number of sulfonamides is 1. The van der Waals surface area contributed by atoms with Crippen molar-refractivity contribution in [3.8, 4) is 0 Å². The number of carbonyl (C=O) groups is 2. The number of amides is 2. The van der Waals surface area contributed by atoms with Crippen LogP contribution in [0.15, 0.2) is 53.4 Å². The number of anilines is 1. The Hall–Kier alpha value is -2.87. The summed E-state index contributed by atoms with van der Waals surface area (Å²) in [6.07, 6.45) is 0. The second-order valence-corrected chi connectivity index (χ2v) is 6.92. The highest BCUT2D eigenvalue weighted by Gasteiger charge is 2.18. The average molecular weight is 347 g/mol. The first-order valence-electron chi connectivity index (χ1n) is 6.96. The van der Waals surface area contributed by atoms with E-state index >= 15 is 0 Å². The fourth-order valence-electron chi connectivity index (χ4n) is 2.03. The molecule has 0 saturated heterocycles. The summed E-state index contributed by atoms with van der Waals surface area (Å²) < 4.78 is 27.2. The van der Waals surface area contributed by atoms with Crippen molar-refractivity contribution in [2.75, 3.05) is 18.8 Å². The molecular formula is C16H17N3O4S. The minimum Gasteiger partial charge on any atom is -0.366 e. The van der Waals surface area contributed by atoms with E-state index in [1.54, 1.807) is 26.2 Å². The van der Waals surface area contributed by atoms with Crippen molar-refractivity contribution in [1.29, 1.82) is 0 Å². The Labute approximate surface area is 140 Å². The van der Waals surface area contributed by atoms with Crippen molar-refractivity contribution < 1.29 is 18.0 Å². The largest absolute Gasteiger partial charge is 0.366 e. The first-order chi connectivity index (χ1) is 11.2. The van der Waals surface area contributed by atoms with E-state index in [9.17, 15) is 18.0 Å². The highest BCUT2D eigenvalue weighted by molar-refractivity contribution is 7.92. The maximum absolute atomic E-state index is 12.4. The molecule has 0 aromatic heterocycles. The van der Waals surface area contributed by atoms with Crippen LogP contribution in [0.2, 0.25) is 0 Å². The lowest BCUT2D eigenvalue weighted by atomic mass is 10.2. The molecule has 126 valence electrons. The van der Waals surface area contributed by atoms with E-state index in [4.69, 9.17) is 5.73 Å². The second kappa shape index (κ2) is 6.71. The molecule has 0 fully saturated rings. The standard InChI is InChI=1S/C16H17N3O4S/c1-19(2)16(21)11-7-9-12(10-8-11)24(22,23)18-14-6-4-3-5-13(14)15(17)20/h3-10,18H,1-2H3,(H2,17,20). The van der Waals surface area contributed by atoms with Crippen LogP contribution in [0, 0.1) is 0 Å². The number of nitrogens with zero attached hydrogens (tertiary/aromatic N) is 1. The lowest BCUT2D eigenvalue weighted by molar-refractivity contribution is 0.0827. The van der Waals surface area contributed by atoms with E-state index in [0.29, 0.717) is 5.56 Å². The zero-order valence-corrected chi connectivity index (χ0v) is 14.0. The van der Waals surface area contributed by atoms with Gasteiger partial charge in [-0.15, -0.1) is 0 Å². The van der Waals surface area contributed by atoms with Crippen LogP contribution in [0.4, 0.5) is 5.69 Å². The van der Waals surface area contributed by atoms with Crippen LogP contribution in [0.1, 0.15) is 20.7 Å². The van der Waals surface area contributed by atoms with E-state index in [0.717, 1.165) is 0 Å². The molecule has 0 bridgehead atoms. The molecule has 3 N–H and O–H groups in total. The molecule has 0 unspecified atom stereocenters. The van der Waals surface area contributed by atoms with Gasteiger partial charge in [0.25, 0.3) is 21.8 Å². The molecule has 2 amide bonds. The highest BCUT2D eigenvalue weighted by Crippen LogP contribution is 2.20. The topological polar surface area (TPSA) is 110 Å². The van der Waals surface area contributed by atoms with Crippen LogP contribution in [0.3, 0.4) is 0 Å². The van der Waals surface area contributed by atoms with Gasteiger partial charge in [0.15, 0.2) is 0 Å². The molecule has 0 radical (unpaired) electrons. The maximum Gasteiger partial charge on any atom is 0.261 e. The van der Waals surface area contributed by atoms with Crippen LogP contribution < -0.4 is 10.5 Å². The molecule has 0 saturated carbocycles. The third-order valence-corrected chi connectivity index (χ3v) is 4.64. The Bertz CT molecular complexity index is 874. The Balaban J connectivity index is 2.32. The molecule has 2 rings (SSSR count). The number of benzene rings is 2. The fraction of sp³-hybridized carbons (Fsp3) is 0.125. The van der Waals surface area contributed by atoms with Crippen LogP contribution in [0.25, 0.3) is 0 Å². The highest BCUT2D eigenvalue weighted by atomic mass is 32.2. The Morgan fingerprint density at radius 3 is 2.12 bits per heavy atom. The Kier molecular flexibility index (Phi) is 4.89. The molecule has 0 heterocycles. The van der Waals surface area contributed by atoms with Gasteiger partial charge in [-0.2, -0.15) is 0 Å². The summed E-state index contributed by atoms with van der Waals surface area (Å²) in [4.78, 5) is 24.6. The zero-order chi connectivity index (χ0) is 17.9. The normalized spacial score (nSPS) is 10.9. The second-order valence-electron chi connectivity index (χ2n) is 5.24. The van der Waals surface area contributed by atoms with Gasteiger partial charge in [-0.1, -0.05) is 12.1 Å². The maximum atomic E-state index is 12.4. The van der Waals surface area contributed by atoms with Gasteiger partial charge in [0.1, 0.15) is 0 Å². The van der Waals surface area contributed by atoms with Crippen molar-refractivity contribution in [2.45, 2.75) is 4.90 Å². The number of nitrogens with two attached hydrogens (primary N) is 1. The number of carbonyl (C=O) groups excluding carboxylic acids is 2. The number of rotatable bonds is 5. The van der Waals surface area contributed by atoms with Crippen LogP contribution in [0.5, 0.6) is 0 Å². The molecule has 0 aliphatic heterocycles. The van der Waals surface area contributed by atoms with Crippen LogP contribution in [-0.2, 0) is 10.0 Å². The van der Waals surface area contributed by atoms with E-state index in [-0.39, 0.29) is 22.1 Å². The molecule has 0 aliphatic rings. The monoisotopic (exact) mass is 347 g/mol. The smallest absolute Gasteiger partial charge is 0.261 e. The van der Waals surface area contributed by atoms with Gasteiger partial charge in [-0.05, 0) is 36.4 Å². The van der Waals surface area contributed by atoms with Gasteiger partial charge in [0, 0.05) is 19.7 Å². The summed E-state index contributed by atoms with van der Waals surface area (Å²) >= 11 is 0. The molecule has 8 heteroatoms. The Morgan fingerprint density at radius 2 is 1.58 bits per heavy atom. The average Bonchev–Trinajstić information content (AvgIpc) is 2.54. The summed E-state index contributed by atoms with van der Waals surface area (Å²) in [5.41, 5.74) is 5.78. The first kappa shape index (κ1) is 17.5. The molecule has 24 heavy (non-hydrogen) atoms. The number of hydrogen-bond donors (Lipinski definition) is 2. The van der Waals surface area contributed by atoms with Gasteiger partial charge in [-0.3, -0.25) is 14.3 Å². The van der Waals surface area contributed by atoms with Gasteiger partial charge < -0.3 is 10.6 Å². The molecule has 7 nitrogen and oxygen atoms in total. The molecule has 2 aromatic carbocycles. The molecule has 0 atom stereocenters. The number of para-hydroxylation sites is 1. The molecule has 0 spiro atoms. The first-order valence-corrected chi connectivity index (χ1v) is 8.44. The summed E-state index contributed by atoms with van der Waals surface area (Å²) in [5, 5.41) is 0. The van der Waals surface area contributed by atoms with Crippen molar-refractivity contribution in [2.24, 2.45) is 5.73 Å². The minimum atomic E-state index is -3.91. The predicted molar refractivity (Wildman–Crippen MR) is 90.2 cm³/mol. The van der Waals surface area contributed by atoms with Crippen molar-refractivity contribution in [3.63, 3.8) is 0 Å². The quantitative estimate of drug-likeness (QED) is 0.849. The van der Waals surface area contributed by atoms with Crippen LogP contribution >= 0.6 is 0 Å². The molecule has 0 aliphatic carbocycles. The summed E-state index contributed by atoms with van der Waals surface area (Å²) in [7, 11) is -0.702. The third kappa shape index (κ3) is 3.72. The van der Waals surface area contributed by atoms with E-state index < -0.39 is 15.9 Å². The predicted octanol–water partition coefficient (Wildman–Crippen LogP) is 1.29. The number of nitrogens with one attached hydrogen (secondary N) is 1. The number of hydrogen-bond acceptors (Lipinski definition) is 4. The van der Waals surface area contributed by atoms with Gasteiger partial charge in [0.05, 0.1) is 16.1 Å². The molecular weight excluding hydrogens is 330 g/mol. The summed E-state index contributed by atoms with van der Waals surface area (Å²) in [5.74, 6) is -0.966. The molecule has 2 aromatic rings. The number of primary amides is 1. The van der Waals surface area contributed by atoms with E-state index in [1.807, 2.05) is 0 Å². The van der Waals surface area contributed by atoms with Crippen LogP contribution in [-0.4, -0.2) is 39.2 Å². The van der Waals surface area contributed by atoms with Crippen molar-refractivity contribution in [1.82, 2.24) is 4.90 Å². The minimum absolute atomic E-state index is 0.0305. The third-order valence-electron chi connectivity index (χ3n) is 3.25. The van der Waals surface area contributed by atoms with E-state index in [1.165, 1.54) is 41.3 Å². The Morgan fingerprint density at radius 1 is 1.00 bits per heavy atom. The van der Waals surface area contributed by atoms with E-state index in [2.05, 4.69) is 4.72 Å². The van der Waals surface area contributed by atoms with Crippen molar-refractivity contribution >= 4 is 27.5 Å². The van der Waals surface area contributed by atoms with Gasteiger partial charge in [-0.25, -0.2) is 8.42 Å². The fourth-order valence-corrected chi connectivity index (χ4v) is 3.11.